The van der Waals surface area contributed by atoms with Gasteiger partial charge in [0.15, 0.2) is 0 Å². The van der Waals surface area contributed by atoms with E-state index in [1.165, 1.54) is 37.7 Å². The van der Waals surface area contributed by atoms with Gasteiger partial charge in [0.05, 0.1) is 0 Å². The lowest BCUT2D eigenvalue weighted by molar-refractivity contribution is -0.131. The maximum absolute atomic E-state index is 11.4. The summed E-state index contributed by atoms with van der Waals surface area (Å²) in [5, 5.41) is 11.1. The topological polar surface area (TPSA) is 66.4 Å². The van der Waals surface area contributed by atoms with Crippen molar-refractivity contribution in [2.75, 3.05) is 5.32 Å². The summed E-state index contributed by atoms with van der Waals surface area (Å²) in [4.78, 5) is 21.8. The Bertz CT molecular complexity index is 499. The molecule has 2 N–H and O–H groups in total. The second-order valence-corrected chi connectivity index (χ2v) is 5.12. The van der Waals surface area contributed by atoms with Crippen LogP contribution in [0.5, 0.6) is 0 Å². The smallest absolute Gasteiger partial charge is 0.328 e. The van der Waals surface area contributed by atoms with Crippen molar-refractivity contribution in [1.29, 1.82) is 0 Å². The van der Waals surface area contributed by atoms with E-state index in [0.29, 0.717) is 11.6 Å². The van der Waals surface area contributed by atoms with Crippen molar-refractivity contribution in [1.82, 2.24) is 0 Å². The van der Waals surface area contributed by atoms with E-state index in [9.17, 15) is 9.59 Å². The molecule has 0 heterocycles. The quantitative estimate of drug-likeness (QED) is 0.827. The van der Waals surface area contributed by atoms with E-state index in [1.807, 2.05) is 24.3 Å². The van der Waals surface area contributed by atoms with Gasteiger partial charge < -0.3 is 10.4 Å². The highest BCUT2D eigenvalue weighted by molar-refractivity contribution is 6.02. The third-order valence-electron chi connectivity index (χ3n) is 3.63. The van der Waals surface area contributed by atoms with Gasteiger partial charge in [0, 0.05) is 17.8 Å². The second kappa shape index (κ2) is 6.89. The summed E-state index contributed by atoms with van der Waals surface area (Å²) in [5.41, 5.74) is 2.01. The molecule has 0 radical (unpaired) electrons. The first-order valence-corrected chi connectivity index (χ1v) is 6.97. The summed E-state index contributed by atoms with van der Waals surface area (Å²) in [5.74, 6) is -0.925. The number of hydrogen-bond donors (Lipinski definition) is 2. The van der Waals surface area contributed by atoms with Gasteiger partial charge in [0.1, 0.15) is 0 Å². The number of nitrogens with one attached hydrogen (secondary N) is 1. The number of carbonyl (C=O) groups excluding carboxylic acids is 1. The number of carboxylic acid groups (broad SMARTS) is 1. The first-order valence-electron chi connectivity index (χ1n) is 6.97. The zero-order valence-corrected chi connectivity index (χ0v) is 11.3. The van der Waals surface area contributed by atoms with Crippen molar-refractivity contribution in [3.8, 4) is 0 Å². The molecule has 0 saturated heterocycles. The highest BCUT2D eigenvalue weighted by Gasteiger charge is 2.15. The van der Waals surface area contributed by atoms with Crippen LogP contribution in [0.1, 0.15) is 43.6 Å². The van der Waals surface area contributed by atoms with Gasteiger partial charge in [-0.25, -0.2) is 4.79 Å². The number of carbonyl (C=O) groups is 2. The summed E-state index contributed by atoms with van der Waals surface area (Å²) < 4.78 is 0. The van der Waals surface area contributed by atoms with E-state index in [-0.39, 0.29) is 0 Å². The minimum atomic E-state index is -1.13. The average Bonchev–Trinajstić information content (AvgIpc) is 2.47. The summed E-state index contributed by atoms with van der Waals surface area (Å²) in [6.07, 6.45) is 8.25. The van der Waals surface area contributed by atoms with E-state index in [1.54, 1.807) is 0 Å². The van der Waals surface area contributed by atoms with Crippen LogP contribution in [0, 0.1) is 0 Å². The lowest BCUT2D eigenvalue weighted by Gasteiger charge is -2.22. The monoisotopic (exact) mass is 273 g/mol. The number of anilines is 1. The molecule has 1 aliphatic carbocycles. The molecule has 106 valence electrons. The Balaban J connectivity index is 1.94. The maximum atomic E-state index is 11.4. The lowest BCUT2D eigenvalue weighted by Crippen LogP contribution is -2.09. The fourth-order valence-electron chi connectivity index (χ4n) is 2.61. The zero-order valence-electron chi connectivity index (χ0n) is 11.3. The SMILES string of the molecule is O=C(O)C=CC(=O)Nc1ccc(C2CCCCC2)cc1. The number of amides is 1. The van der Waals surface area contributed by atoms with Crippen molar-refractivity contribution in [3.05, 3.63) is 42.0 Å². The molecule has 1 aromatic carbocycles. The molecule has 1 amide bonds. The molecule has 0 aliphatic heterocycles. The van der Waals surface area contributed by atoms with Gasteiger partial charge in [-0.2, -0.15) is 0 Å². The number of carboxylic acids is 1. The van der Waals surface area contributed by atoms with Crippen LogP contribution in [0.3, 0.4) is 0 Å². The van der Waals surface area contributed by atoms with Gasteiger partial charge in [-0.1, -0.05) is 31.4 Å². The highest BCUT2D eigenvalue weighted by atomic mass is 16.4. The van der Waals surface area contributed by atoms with Crippen LogP contribution in [0.2, 0.25) is 0 Å². The third-order valence-corrected chi connectivity index (χ3v) is 3.63. The maximum Gasteiger partial charge on any atom is 0.328 e. The first-order chi connectivity index (χ1) is 9.65. The van der Waals surface area contributed by atoms with Crippen molar-refractivity contribution in [2.24, 2.45) is 0 Å². The molecule has 1 fully saturated rings. The summed E-state index contributed by atoms with van der Waals surface area (Å²) in [6, 6.07) is 7.84. The third kappa shape index (κ3) is 4.23. The molecule has 4 nitrogen and oxygen atoms in total. The zero-order chi connectivity index (χ0) is 14.4. The Morgan fingerprint density at radius 1 is 1.05 bits per heavy atom. The van der Waals surface area contributed by atoms with Crippen LogP contribution >= 0.6 is 0 Å². The van der Waals surface area contributed by atoms with Crippen LogP contribution in [0.4, 0.5) is 5.69 Å². The number of aliphatic carboxylic acids is 1. The van der Waals surface area contributed by atoms with E-state index >= 15 is 0 Å². The van der Waals surface area contributed by atoms with Crippen LogP contribution in [-0.4, -0.2) is 17.0 Å². The molecule has 0 unspecified atom stereocenters. The minimum Gasteiger partial charge on any atom is -0.478 e. The summed E-state index contributed by atoms with van der Waals surface area (Å²) in [7, 11) is 0. The van der Waals surface area contributed by atoms with Crippen LogP contribution in [0.15, 0.2) is 36.4 Å². The number of benzene rings is 1. The van der Waals surface area contributed by atoms with Crippen LogP contribution in [-0.2, 0) is 9.59 Å². The molecule has 0 bridgehead atoms. The summed E-state index contributed by atoms with van der Waals surface area (Å²) >= 11 is 0. The Kier molecular flexibility index (Phi) is 4.93. The van der Waals surface area contributed by atoms with Gasteiger partial charge >= 0.3 is 5.97 Å². The second-order valence-electron chi connectivity index (χ2n) is 5.12. The van der Waals surface area contributed by atoms with E-state index in [4.69, 9.17) is 5.11 Å². The highest BCUT2D eigenvalue weighted by Crippen LogP contribution is 2.32. The first kappa shape index (κ1) is 14.3. The minimum absolute atomic E-state index is 0.433. The van der Waals surface area contributed by atoms with Crippen LogP contribution < -0.4 is 5.32 Å². The molecule has 0 aromatic heterocycles. The van der Waals surface area contributed by atoms with Gasteiger partial charge in [0.2, 0.25) is 5.91 Å². The number of rotatable bonds is 4. The molecule has 1 saturated carbocycles. The molecule has 20 heavy (non-hydrogen) atoms. The fourth-order valence-corrected chi connectivity index (χ4v) is 2.61. The lowest BCUT2D eigenvalue weighted by atomic mass is 9.84. The van der Waals surface area contributed by atoms with Crippen molar-refractivity contribution in [2.45, 2.75) is 38.0 Å². The molecule has 4 heteroatoms. The van der Waals surface area contributed by atoms with E-state index in [2.05, 4.69) is 5.32 Å². The Hall–Kier alpha value is -2.10. The van der Waals surface area contributed by atoms with E-state index < -0.39 is 11.9 Å². The average molecular weight is 273 g/mol. The predicted octanol–water partition coefficient (Wildman–Crippen LogP) is 3.31. The largest absolute Gasteiger partial charge is 0.478 e. The summed E-state index contributed by atoms with van der Waals surface area (Å²) in [6.45, 7) is 0. The standard InChI is InChI=1S/C16H19NO3/c18-15(10-11-16(19)20)17-14-8-6-13(7-9-14)12-4-2-1-3-5-12/h6-12H,1-5H2,(H,17,18)(H,19,20). The van der Waals surface area contributed by atoms with Gasteiger partial charge in [-0.05, 0) is 36.5 Å². The van der Waals surface area contributed by atoms with Crippen LogP contribution in [0.25, 0.3) is 0 Å². The molecular weight excluding hydrogens is 254 g/mol. The predicted molar refractivity (Wildman–Crippen MR) is 77.7 cm³/mol. The number of hydrogen-bond acceptors (Lipinski definition) is 2. The van der Waals surface area contributed by atoms with Crippen molar-refractivity contribution >= 4 is 17.6 Å². The molecule has 2 rings (SSSR count). The van der Waals surface area contributed by atoms with Gasteiger partial charge in [0.25, 0.3) is 0 Å². The van der Waals surface area contributed by atoms with Crippen molar-refractivity contribution < 1.29 is 14.7 Å². The van der Waals surface area contributed by atoms with E-state index in [0.717, 1.165) is 12.2 Å². The fraction of sp³-hybridized carbons (Fsp3) is 0.375. The van der Waals surface area contributed by atoms with Gasteiger partial charge in [-0.15, -0.1) is 0 Å². The normalized spacial score (nSPS) is 16.2. The van der Waals surface area contributed by atoms with Crippen molar-refractivity contribution in [3.63, 3.8) is 0 Å². The Morgan fingerprint density at radius 3 is 2.30 bits per heavy atom. The molecular formula is C16H19NO3. The molecule has 1 aliphatic rings. The Morgan fingerprint density at radius 2 is 1.70 bits per heavy atom. The molecule has 0 spiro atoms. The molecule has 0 atom stereocenters. The molecule has 1 aromatic rings. The Labute approximate surface area is 118 Å². The van der Waals surface area contributed by atoms with Gasteiger partial charge in [-0.3, -0.25) is 4.79 Å².